The third kappa shape index (κ3) is 7.65. The van der Waals surface area contributed by atoms with E-state index in [1.54, 1.807) is 0 Å². The van der Waals surface area contributed by atoms with E-state index < -0.39 is 30.1 Å². The zero-order valence-corrected chi connectivity index (χ0v) is 15.3. The van der Waals surface area contributed by atoms with Crippen LogP contribution < -0.4 is 16.4 Å². The number of carbonyl (C=O) groups is 4. The van der Waals surface area contributed by atoms with Gasteiger partial charge in [0.15, 0.2) is 6.61 Å². The minimum Gasteiger partial charge on any atom is -0.452 e. The number of likely N-dealkylation sites (N-methyl/N-ethyl adjacent to an activating group) is 1. The Labute approximate surface area is 151 Å². The van der Waals surface area contributed by atoms with E-state index in [4.69, 9.17) is 10.5 Å². The molecule has 1 rings (SSSR count). The van der Waals surface area contributed by atoms with Gasteiger partial charge in [-0.2, -0.15) is 0 Å². The number of rotatable bonds is 6. The Morgan fingerprint density at radius 3 is 2.19 bits per heavy atom. The fraction of sp³-hybridized carbons (Fsp3) is 0.412. The average Bonchev–Trinajstić information content (AvgIpc) is 2.50. The molecule has 142 valence electrons. The number of anilines is 1. The molecule has 0 atom stereocenters. The predicted molar refractivity (Wildman–Crippen MR) is 95.5 cm³/mol. The highest BCUT2D eigenvalue weighted by Crippen LogP contribution is 2.10. The molecule has 0 aromatic heterocycles. The molecule has 0 saturated carbocycles. The summed E-state index contributed by atoms with van der Waals surface area (Å²) in [7, 11) is 1.45. The van der Waals surface area contributed by atoms with E-state index in [-0.39, 0.29) is 18.0 Å². The average molecular weight is 364 g/mol. The normalized spacial score (nSPS) is 10.6. The van der Waals surface area contributed by atoms with Crippen LogP contribution >= 0.6 is 0 Å². The Kier molecular flexibility index (Phi) is 7.12. The van der Waals surface area contributed by atoms with Gasteiger partial charge in [0.1, 0.15) is 0 Å². The van der Waals surface area contributed by atoms with Crippen LogP contribution in [0.15, 0.2) is 24.3 Å². The van der Waals surface area contributed by atoms with Crippen LogP contribution in [0.3, 0.4) is 0 Å². The van der Waals surface area contributed by atoms with E-state index >= 15 is 0 Å². The van der Waals surface area contributed by atoms with Gasteiger partial charge in [-0.05, 0) is 45.0 Å². The van der Waals surface area contributed by atoms with Gasteiger partial charge in [-0.1, -0.05) is 0 Å². The van der Waals surface area contributed by atoms with Gasteiger partial charge in [0.05, 0.1) is 12.1 Å². The van der Waals surface area contributed by atoms with Crippen molar-refractivity contribution in [2.75, 3.05) is 25.5 Å². The van der Waals surface area contributed by atoms with Crippen molar-refractivity contribution in [3.05, 3.63) is 29.8 Å². The topological polar surface area (TPSA) is 131 Å². The molecule has 1 aromatic carbocycles. The van der Waals surface area contributed by atoms with Crippen LogP contribution in [-0.4, -0.2) is 54.5 Å². The van der Waals surface area contributed by atoms with Crippen LogP contribution in [0, 0.1) is 0 Å². The molecule has 0 heterocycles. The van der Waals surface area contributed by atoms with Gasteiger partial charge >= 0.3 is 12.0 Å². The summed E-state index contributed by atoms with van der Waals surface area (Å²) < 4.78 is 4.94. The Morgan fingerprint density at radius 1 is 1.12 bits per heavy atom. The van der Waals surface area contributed by atoms with Gasteiger partial charge in [0, 0.05) is 18.3 Å². The number of carbonyl (C=O) groups excluding carboxylic acids is 4. The van der Waals surface area contributed by atoms with E-state index in [9.17, 15) is 19.2 Å². The number of benzene rings is 1. The minimum absolute atomic E-state index is 0.138. The number of nitrogens with one attached hydrogen (secondary N) is 2. The summed E-state index contributed by atoms with van der Waals surface area (Å²) in [5, 5.41) is 5.09. The molecule has 0 fully saturated rings. The van der Waals surface area contributed by atoms with Crippen molar-refractivity contribution in [1.82, 2.24) is 10.2 Å². The summed E-state index contributed by atoms with van der Waals surface area (Å²) in [4.78, 5) is 47.6. The largest absolute Gasteiger partial charge is 0.452 e. The molecule has 0 spiro atoms. The fourth-order valence-electron chi connectivity index (χ4n) is 1.91. The van der Waals surface area contributed by atoms with Crippen molar-refractivity contribution in [3.63, 3.8) is 0 Å². The molecule has 4 amide bonds. The van der Waals surface area contributed by atoms with Gasteiger partial charge in [0.2, 0.25) is 5.91 Å². The maximum absolute atomic E-state index is 12.0. The molecule has 4 N–H and O–H groups in total. The third-order valence-corrected chi connectivity index (χ3v) is 3.04. The maximum Gasteiger partial charge on any atom is 0.338 e. The van der Waals surface area contributed by atoms with E-state index in [0.717, 1.165) is 0 Å². The standard InChI is InChI=1S/C17H24N4O5/c1-17(2,3)20-13(22)9-21(4)14(23)10-26-15(24)11-5-7-12(8-6-11)19-16(18)25/h5-8H,9-10H2,1-4H3,(H,20,22)(H3,18,19,25). The molecule has 0 bridgehead atoms. The first-order chi connectivity index (χ1) is 12.0. The monoisotopic (exact) mass is 364 g/mol. The molecular weight excluding hydrogens is 340 g/mol. The molecular formula is C17H24N4O5. The summed E-state index contributed by atoms with van der Waals surface area (Å²) in [6.07, 6.45) is 0. The molecule has 9 nitrogen and oxygen atoms in total. The number of primary amides is 1. The Morgan fingerprint density at radius 2 is 1.69 bits per heavy atom. The molecule has 0 radical (unpaired) electrons. The van der Waals surface area contributed by atoms with Crippen LogP contribution in [0.25, 0.3) is 0 Å². The molecule has 9 heteroatoms. The van der Waals surface area contributed by atoms with Gasteiger partial charge < -0.3 is 26.0 Å². The van der Waals surface area contributed by atoms with E-state index in [0.29, 0.717) is 5.69 Å². The highest BCUT2D eigenvalue weighted by atomic mass is 16.5. The van der Waals surface area contributed by atoms with Crippen molar-refractivity contribution in [2.24, 2.45) is 5.73 Å². The van der Waals surface area contributed by atoms with Crippen LogP contribution in [-0.2, 0) is 14.3 Å². The first-order valence-electron chi connectivity index (χ1n) is 7.86. The molecule has 1 aromatic rings. The Bertz CT molecular complexity index is 679. The van der Waals surface area contributed by atoms with Crippen molar-refractivity contribution in [1.29, 1.82) is 0 Å². The predicted octanol–water partition coefficient (Wildman–Crippen LogP) is 0.707. The number of nitrogens with zero attached hydrogens (tertiary/aromatic N) is 1. The van der Waals surface area contributed by atoms with Gasteiger partial charge in [-0.3, -0.25) is 9.59 Å². The second kappa shape index (κ2) is 8.84. The second-order valence-corrected chi connectivity index (χ2v) is 6.69. The molecule has 0 saturated heterocycles. The minimum atomic E-state index is -0.718. The lowest BCUT2D eigenvalue weighted by molar-refractivity contribution is -0.137. The highest BCUT2D eigenvalue weighted by molar-refractivity contribution is 5.93. The Hall–Kier alpha value is -3.10. The summed E-state index contributed by atoms with van der Waals surface area (Å²) in [5.41, 5.74) is 5.22. The zero-order chi connectivity index (χ0) is 19.9. The number of amides is 4. The second-order valence-electron chi connectivity index (χ2n) is 6.69. The molecule has 0 aliphatic carbocycles. The molecule has 26 heavy (non-hydrogen) atoms. The number of hydrogen-bond donors (Lipinski definition) is 3. The summed E-state index contributed by atoms with van der Waals surface area (Å²) in [5.74, 6) is -1.51. The van der Waals surface area contributed by atoms with E-state index in [1.807, 2.05) is 20.8 Å². The van der Waals surface area contributed by atoms with Crippen molar-refractivity contribution < 1.29 is 23.9 Å². The first-order valence-corrected chi connectivity index (χ1v) is 7.86. The SMILES string of the molecule is CN(CC(=O)NC(C)(C)C)C(=O)COC(=O)c1ccc(NC(N)=O)cc1. The molecule has 0 unspecified atom stereocenters. The number of esters is 1. The van der Waals surface area contributed by atoms with Crippen molar-refractivity contribution >= 4 is 29.5 Å². The van der Waals surface area contributed by atoms with Crippen LogP contribution in [0.2, 0.25) is 0 Å². The van der Waals surface area contributed by atoms with Gasteiger partial charge in [0.25, 0.3) is 5.91 Å². The quantitative estimate of drug-likeness (QED) is 0.640. The highest BCUT2D eigenvalue weighted by Gasteiger charge is 2.19. The van der Waals surface area contributed by atoms with Gasteiger partial charge in [-0.15, -0.1) is 0 Å². The lowest BCUT2D eigenvalue weighted by atomic mass is 10.1. The summed E-state index contributed by atoms with van der Waals surface area (Å²) in [6, 6.07) is 5.10. The zero-order valence-electron chi connectivity index (χ0n) is 15.3. The van der Waals surface area contributed by atoms with Gasteiger partial charge in [-0.25, -0.2) is 9.59 Å². The first kappa shape index (κ1) is 20.9. The van der Waals surface area contributed by atoms with Crippen molar-refractivity contribution in [3.8, 4) is 0 Å². The number of hydrogen-bond acceptors (Lipinski definition) is 5. The maximum atomic E-state index is 12.0. The fourth-order valence-corrected chi connectivity index (χ4v) is 1.91. The van der Waals surface area contributed by atoms with Crippen LogP contribution in [0.5, 0.6) is 0 Å². The summed E-state index contributed by atoms with van der Waals surface area (Å²) >= 11 is 0. The number of urea groups is 1. The lowest BCUT2D eigenvalue weighted by Crippen LogP contribution is -2.46. The summed E-state index contributed by atoms with van der Waals surface area (Å²) in [6.45, 7) is 4.87. The number of nitrogens with two attached hydrogens (primary N) is 1. The van der Waals surface area contributed by atoms with Crippen molar-refractivity contribution in [2.45, 2.75) is 26.3 Å². The molecule has 0 aliphatic rings. The number of ether oxygens (including phenoxy) is 1. The smallest absolute Gasteiger partial charge is 0.338 e. The van der Waals surface area contributed by atoms with E-state index in [2.05, 4.69) is 10.6 Å². The van der Waals surface area contributed by atoms with Crippen LogP contribution in [0.1, 0.15) is 31.1 Å². The molecule has 0 aliphatic heterocycles. The van der Waals surface area contributed by atoms with Crippen LogP contribution in [0.4, 0.5) is 10.5 Å². The van der Waals surface area contributed by atoms with E-state index in [1.165, 1.54) is 36.2 Å². The lowest BCUT2D eigenvalue weighted by Gasteiger charge is -2.23. The Balaban J connectivity index is 2.49. The third-order valence-electron chi connectivity index (χ3n) is 3.04.